The summed E-state index contributed by atoms with van der Waals surface area (Å²) in [6, 6.07) is 8.26. The Bertz CT molecular complexity index is 399. The van der Waals surface area contributed by atoms with E-state index in [0.29, 0.717) is 18.1 Å². The Labute approximate surface area is 115 Å². The number of nitrogens with two attached hydrogens (primary N) is 1. The first-order chi connectivity index (χ1) is 9.11. The molecule has 106 valence electrons. The Morgan fingerprint density at radius 1 is 1.32 bits per heavy atom. The van der Waals surface area contributed by atoms with Crippen molar-refractivity contribution in [3.05, 3.63) is 35.6 Å². The second kappa shape index (κ2) is 6.49. The first kappa shape index (κ1) is 14.5. The Balaban J connectivity index is 2.08. The Hall–Kier alpha value is -0.930. The monoisotopic (exact) mass is 264 g/mol. The van der Waals surface area contributed by atoms with Crippen LogP contribution < -0.4 is 5.73 Å². The first-order valence-electron chi connectivity index (χ1n) is 7.34. The van der Waals surface area contributed by atoms with Crippen LogP contribution in [0.15, 0.2) is 24.3 Å². The normalized spacial score (nSPS) is 25.5. The minimum atomic E-state index is -0.144. The summed E-state index contributed by atoms with van der Waals surface area (Å²) in [6.45, 7) is 2.17. The van der Waals surface area contributed by atoms with Crippen LogP contribution in [0.1, 0.15) is 50.6 Å². The van der Waals surface area contributed by atoms with Crippen molar-refractivity contribution in [1.82, 2.24) is 4.90 Å². The zero-order chi connectivity index (χ0) is 13.8. The molecule has 1 aromatic carbocycles. The summed E-state index contributed by atoms with van der Waals surface area (Å²) in [7, 11) is 2.17. The number of hydrogen-bond acceptors (Lipinski definition) is 2. The summed E-state index contributed by atoms with van der Waals surface area (Å²) >= 11 is 0. The van der Waals surface area contributed by atoms with Crippen molar-refractivity contribution >= 4 is 0 Å². The molecular weight excluding hydrogens is 239 g/mol. The molecule has 1 unspecified atom stereocenters. The minimum Gasteiger partial charge on any atom is -0.328 e. The second-order valence-electron chi connectivity index (χ2n) is 5.71. The van der Waals surface area contributed by atoms with E-state index in [1.54, 1.807) is 12.1 Å². The van der Waals surface area contributed by atoms with Crippen molar-refractivity contribution in [3.63, 3.8) is 0 Å². The summed E-state index contributed by atoms with van der Waals surface area (Å²) in [5.41, 5.74) is 7.05. The highest BCUT2D eigenvalue weighted by Crippen LogP contribution is 2.30. The van der Waals surface area contributed by atoms with Crippen molar-refractivity contribution in [2.75, 3.05) is 7.05 Å². The number of benzene rings is 1. The Morgan fingerprint density at radius 2 is 2.00 bits per heavy atom. The smallest absolute Gasteiger partial charge is 0.123 e. The molecule has 1 fully saturated rings. The number of halogens is 1. The highest BCUT2D eigenvalue weighted by Gasteiger charge is 2.26. The third-order valence-electron chi connectivity index (χ3n) is 4.43. The van der Waals surface area contributed by atoms with E-state index < -0.39 is 0 Å². The van der Waals surface area contributed by atoms with Crippen molar-refractivity contribution in [1.29, 1.82) is 0 Å². The molecule has 2 nitrogen and oxygen atoms in total. The van der Waals surface area contributed by atoms with Crippen molar-refractivity contribution < 1.29 is 4.39 Å². The maximum Gasteiger partial charge on any atom is 0.123 e. The minimum absolute atomic E-state index is 0.144. The van der Waals surface area contributed by atoms with Crippen LogP contribution in [0.3, 0.4) is 0 Å². The molecule has 0 radical (unpaired) electrons. The molecule has 1 aliphatic carbocycles. The summed E-state index contributed by atoms with van der Waals surface area (Å²) in [5.74, 6) is -0.144. The third-order valence-corrected chi connectivity index (χ3v) is 4.43. The lowest BCUT2D eigenvalue weighted by molar-refractivity contribution is 0.128. The topological polar surface area (TPSA) is 29.3 Å². The fraction of sp³-hybridized carbons (Fsp3) is 0.625. The van der Waals surface area contributed by atoms with Gasteiger partial charge >= 0.3 is 0 Å². The summed E-state index contributed by atoms with van der Waals surface area (Å²) in [5, 5.41) is 0. The maximum absolute atomic E-state index is 13.4. The van der Waals surface area contributed by atoms with Gasteiger partial charge in [0, 0.05) is 18.1 Å². The van der Waals surface area contributed by atoms with Crippen molar-refractivity contribution in [2.45, 2.75) is 57.2 Å². The van der Waals surface area contributed by atoms with Crippen LogP contribution in [0, 0.1) is 5.82 Å². The highest BCUT2D eigenvalue weighted by atomic mass is 19.1. The van der Waals surface area contributed by atoms with E-state index in [2.05, 4.69) is 18.9 Å². The summed E-state index contributed by atoms with van der Waals surface area (Å²) in [4.78, 5) is 2.42. The summed E-state index contributed by atoms with van der Waals surface area (Å²) < 4.78 is 13.4. The zero-order valence-electron chi connectivity index (χ0n) is 12.0. The van der Waals surface area contributed by atoms with Gasteiger partial charge in [-0.05, 0) is 56.8 Å². The average Bonchev–Trinajstić information content (AvgIpc) is 2.40. The molecule has 0 saturated heterocycles. The number of rotatable bonds is 4. The number of nitrogens with zero attached hydrogens (tertiary/aromatic N) is 1. The molecule has 0 aromatic heterocycles. The first-order valence-corrected chi connectivity index (χ1v) is 7.34. The van der Waals surface area contributed by atoms with E-state index >= 15 is 0 Å². The van der Waals surface area contributed by atoms with E-state index in [4.69, 9.17) is 5.73 Å². The molecule has 0 aliphatic heterocycles. The van der Waals surface area contributed by atoms with Crippen LogP contribution in [0.2, 0.25) is 0 Å². The van der Waals surface area contributed by atoms with E-state index in [9.17, 15) is 4.39 Å². The molecule has 0 amide bonds. The zero-order valence-corrected chi connectivity index (χ0v) is 12.0. The van der Waals surface area contributed by atoms with Crippen molar-refractivity contribution in [3.8, 4) is 0 Å². The van der Waals surface area contributed by atoms with Crippen molar-refractivity contribution in [2.24, 2.45) is 5.73 Å². The van der Waals surface area contributed by atoms with Gasteiger partial charge in [0.25, 0.3) is 0 Å². The van der Waals surface area contributed by atoms with Crippen LogP contribution in [0.4, 0.5) is 4.39 Å². The molecule has 3 heteroatoms. The van der Waals surface area contributed by atoms with E-state index in [1.165, 1.54) is 6.07 Å². The molecule has 19 heavy (non-hydrogen) atoms. The molecule has 0 heterocycles. The Morgan fingerprint density at radius 3 is 2.58 bits per heavy atom. The Kier molecular flexibility index (Phi) is 4.94. The highest BCUT2D eigenvalue weighted by molar-refractivity contribution is 5.20. The summed E-state index contributed by atoms with van der Waals surface area (Å²) in [6.07, 6.45) is 5.53. The molecular formula is C16H25FN2. The van der Waals surface area contributed by atoms with Gasteiger partial charge < -0.3 is 5.73 Å². The van der Waals surface area contributed by atoms with Crippen LogP contribution in [0.5, 0.6) is 0 Å². The lowest BCUT2D eigenvalue weighted by Crippen LogP contribution is -2.40. The molecule has 0 spiro atoms. The molecule has 0 bridgehead atoms. The van der Waals surface area contributed by atoms with E-state index in [-0.39, 0.29) is 5.82 Å². The lowest BCUT2D eigenvalue weighted by Gasteiger charge is -2.38. The van der Waals surface area contributed by atoms with Crippen LogP contribution in [-0.4, -0.2) is 24.0 Å². The SMILES string of the molecule is CCC(c1cccc(F)c1)N(C)C1CCC(N)CC1. The largest absolute Gasteiger partial charge is 0.328 e. The molecule has 2 rings (SSSR count). The van der Waals surface area contributed by atoms with Gasteiger partial charge in [-0.2, -0.15) is 0 Å². The van der Waals surface area contributed by atoms with Gasteiger partial charge in [0.1, 0.15) is 5.82 Å². The fourth-order valence-corrected chi connectivity index (χ4v) is 3.24. The molecule has 1 aromatic rings. The second-order valence-corrected chi connectivity index (χ2v) is 5.71. The average molecular weight is 264 g/mol. The van der Waals surface area contributed by atoms with Gasteiger partial charge in [0.2, 0.25) is 0 Å². The van der Waals surface area contributed by atoms with Gasteiger partial charge in [-0.15, -0.1) is 0 Å². The predicted octanol–water partition coefficient (Wildman–Crippen LogP) is 3.48. The van der Waals surface area contributed by atoms with Gasteiger partial charge in [0.15, 0.2) is 0 Å². The van der Waals surface area contributed by atoms with E-state index in [0.717, 1.165) is 37.7 Å². The molecule has 1 atom stereocenters. The molecule has 1 saturated carbocycles. The standard InChI is InChI=1S/C16H25FN2/c1-3-16(12-5-4-6-13(17)11-12)19(2)15-9-7-14(18)8-10-15/h4-6,11,14-16H,3,7-10,18H2,1-2H3. The van der Waals surface area contributed by atoms with Gasteiger partial charge in [-0.25, -0.2) is 4.39 Å². The maximum atomic E-state index is 13.4. The van der Waals surface area contributed by atoms with Crippen LogP contribution >= 0.6 is 0 Å². The fourth-order valence-electron chi connectivity index (χ4n) is 3.24. The van der Waals surface area contributed by atoms with Crippen LogP contribution in [-0.2, 0) is 0 Å². The van der Waals surface area contributed by atoms with Gasteiger partial charge in [-0.1, -0.05) is 19.1 Å². The quantitative estimate of drug-likeness (QED) is 0.902. The third kappa shape index (κ3) is 3.54. The molecule has 2 N–H and O–H groups in total. The number of hydrogen-bond donors (Lipinski definition) is 1. The van der Waals surface area contributed by atoms with Crippen LogP contribution in [0.25, 0.3) is 0 Å². The molecule has 1 aliphatic rings. The van der Waals surface area contributed by atoms with Gasteiger partial charge in [0.05, 0.1) is 0 Å². The predicted molar refractivity (Wildman–Crippen MR) is 77.4 cm³/mol. The lowest BCUT2D eigenvalue weighted by atomic mass is 9.89. The van der Waals surface area contributed by atoms with E-state index in [1.807, 2.05) is 6.07 Å². The van der Waals surface area contributed by atoms with Gasteiger partial charge in [-0.3, -0.25) is 4.90 Å².